The Hall–Kier alpha value is -0.900. The van der Waals surface area contributed by atoms with Crippen molar-refractivity contribution in [3.05, 3.63) is 17.7 Å². The lowest BCUT2D eigenvalue weighted by atomic mass is 10.2. The molecule has 14 heavy (non-hydrogen) atoms. The Labute approximate surface area is 91.1 Å². The van der Waals surface area contributed by atoms with Crippen molar-refractivity contribution in [2.24, 2.45) is 0 Å². The minimum Gasteiger partial charge on any atom is -0.490 e. The van der Waals surface area contributed by atoms with E-state index in [1.807, 2.05) is 19.1 Å². The normalized spacial score (nSPS) is 13.0. The molecule has 0 aromatic heterocycles. The van der Waals surface area contributed by atoms with Gasteiger partial charge in [-0.25, -0.2) is 0 Å². The summed E-state index contributed by atoms with van der Waals surface area (Å²) in [5.74, 6) is 2.28. The Morgan fingerprint density at radius 3 is 3.00 bits per heavy atom. The van der Waals surface area contributed by atoms with Crippen LogP contribution in [-0.4, -0.2) is 13.4 Å². The number of fused-ring (bicyclic) bond motifs is 1. The molecule has 4 heteroatoms. The third-order valence-corrected chi connectivity index (χ3v) is 2.61. The van der Waals surface area contributed by atoms with Crippen LogP contribution in [0.2, 0.25) is 0 Å². The van der Waals surface area contributed by atoms with Gasteiger partial charge in [-0.2, -0.15) is 0 Å². The van der Waals surface area contributed by atoms with Crippen molar-refractivity contribution in [1.82, 2.24) is 0 Å². The van der Waals surface area contributed by atoms with E-state index in [9.17, 15) is 0 Å². The van der Waals surface area contributed by atoms with Crippen molar-refractivity contribution in [3.8, 4) is 17.2 Å². The largest absolute Gasteiger partial charge is 0.490 e. The first-order valence-electron chi connectivity index (χ1n) is 4.47. The molecule has 0 fully saturated rings. The number of halogens is 1. The van der Waals surface area contributed by atoms with Gasteiger partial charge in [0, 0.05) is 10.9 Å². The minimum absolute atomic E-state index is 0.279. The van der Waals surface area contributed by atoms with Gasteiger partial charge >= 0.3 is 0 Å². The summed E-state index contributed by atoms with van der Waals surface area (Å²) in [5, 5.41) is 0.749. The van der Waals surface area contributed by atoms with E-state index in [1.165, 1.54) is 0 Å². The lowest BCUT2D eigenvalue weighted by molar-refractivity contribution is 0.170. The van der Waals surface area contributed by atoms with Crippen LogP contribution in [-0.2, 0) is 5.33 Å². The molecule has 0 atom stereocenters. The molecule has 0 N–H and O–H groups in total. The van der Waals surface area contributed by atoms with Gasteiger partial charge in [-0.15, -0.1) is 0 Å². The van der Waals surface area contributed by atoms with Gasteiger partial charge in [-0.3, -0.25) is 0 Å². The first-order chi connectivity index (χ1) is 6.86. The second kappa shape index (κ2) is 4.09. The summed E-state index contributed by atoms with van der Waals surface area (Å²) >= 11 is 3.41. The molecule has 1 aliphatic heterocycles. The van der Waals surface area contributed by atoms with E-state index >= 15 is 0 Å². The molecule has 1 aliphatic rings. The van der Waals surface area contributed by atoms with Crippen LogP contribution in [0.4, 0.5) is 0 Å². The summed E-state index contributed by atoms with van der Waals surface area (Å²) in [7, 11) is 0. The molecular weight excluding hydrogens is 248 g/mol. The molecule has 0 saturated carbocycles. The Morgan fingerprint density at radius 1 is 1.43 bits per heavy atom. The van der Waals surface area contributed by atoms with E-state index in [0.29, 0.717) is 6.61 Å². The van der Waals surface area contributed by atoms with Crippen molar-refractivity contribution in [2.75, 3.05) is 13.4 Å². The van der Waals surface area contributed by atoms with Crippen molar-refractivity contribution < 1.29 is 14.2 Å². The third kappa shape index (κ3) is 1.54. The van der Waals surface area contributed by atoms with Gasteiger partial charge in [-0.1, -0.05) is 22.0 Å². The van der Waals surface area contributed by atoms with Crippen molar-refractivity contribution >= 4 is 15.9 Å². The average Bonchev–Trinajstić information content (AvgIpc) is 2.67. The number of hydrogen-bond donors (Lipinski definition) is 0. The molecule has 0 amide bonds. The Morgan fingerprint density at radius 2 is 2.29 bits per heavy atom. The standard InChI is InChI=1S/C10H11BrO3/c1-2-12-9-7(5-11)3-4-8-10(9)14-6-13-8/h3-4H,2,5-6H2,1H3. The molecule has 1 aromatic carbocycles. The van der Waals surface area contributed by atoms with Gasteiger partial charge in [0.05, 0.1) is 6.61 Å². The second-order valence-corrected chi connectivity index (χ2v) is 3.41. The predicted molar refractivity (Wildman–Crippen MR) is 56.4 cm³/mol. The fourth-order valence-corrected chi connectivity index (χ4v) is 1.84. The number of alkyl halides is 1. The van der Waals surface area contributed by atoms with Gasteiger partial charge in [-0.05, 0) is 13.0 Å². The number of hydrogen-bond acceptors (Lipinski definition) is 3. The molecule has 76 valence electrons. The maximum atomic E-state index is 5.54. The topological polar surface area (TPSA) is 27.7 Å². The highest BCUT2D eigenvalue weighted by molar-refractivity contribution is 9.08. The smallest absolute Gasteiger partial charge is 0.231 e. The van der Waals surface area contributed by atoms with Crippen LogP contribution in [0, 0.1) is 0 Å². The summed E-state index contributed by atoms with van der Waals surface area (Å²) in [6.45, 7) is 2.86. The molecule has 2 rings (SSSR count). The van der Waals surface area contributed by atoms with E-state index in [2.05, 4.69) is 15.9 Å². The average molecular weight is 259 g/mol. The molecule has 0 aliphatic carbocycles. The summed E-state index contributed by atoms with van der Waals surface area (Å²) in [6, 6.07) is 3.88. The Balaban J connectivity index is 2.45. The minimum atomic E-state index is 0.279. The van der Waals surface area contributed by atoms with Crippen LogP contribution in [0.15, 0.2) is 12.1 Å². The van der Waals surface area contributed by atoms with E-state index < -0.39 is 0 Å². The van der Waals surface area contributed by atoms with E-state index in [-0.39, 0.29) is 6.79 Å². The fourth-order valence-electron chi connectivity index (χ4n) is 1.40. The van der Waals surface area contributed by atoms with Crippen molar-refractivity contribution in [3.63, 3.8) is 0 Å². The summed E-state index contributed by atoms with van der Waals surface area (Å²) in [4.78, 5) is 0. The summed E-state index contributed by atoms with van der Waals surface area (Å²) < 4.78 is 16.2. The highest BCUT2D eigenvalue weighted by Crippen LogP contribution is 2.43. The van der Waals surface area contributed by atoms with E-state index in [1.54, 1.807) is 0 Å². The van der Waals surface area contributed by atoms with Gasteiger partial charge in [0.15, 0.2) is 11.5 Å². The molecule has 3 nitrogen and oxygen atoms in total. The van der Waals surface area contributed by atoms with Crippen LogP contribution in [0.5, 0.6) is 17.2 Å². The monoisotopic (exact) mass is 258 g/mol. The first kappa shape index (κ1) is 9.65. The van der Waals surface area contributed by atoms with E-state index in [4.69, 9.17) is 14.2 Å². The van der Waals surface area contributed by atoms with Gasteiger partial charge < -0.3 is 14.2 Å². The Bertz CT molecular complexity index is 338. The lowest BCUT2D eigenvalue weighted by Gasteiger charge is -2.10. The second-order valence-electron chi connectivity index (χ2n) is 2.85. The zero-order chi connectivity index (χ0) is 9.97. The molecule has 1 heterocycles. The number of benzene rings is 1. The number of ether oxygens (including phenoxy) is 3. The van der Waals surface area contributed by atoms with Crippen LogP contribution in [0.3, 0.4) is 0 Å². The Kier molecular flexibility index (Phi) is 2.82. The molecule has 0 spiro atoms. The summed E-state index contributed by atoms with van der Waals surface area (Å²) in [5.41, 5.74) is 1.08. The maximum absolute atomic E-state index is 5.54. The van der Waals surface area contributed by atoms with Crippen LogP contribution < -0.4 is 14.2 Å². The van der Waals surface area contributed by atoms with Crippen molar-refractivity contribution in [1.29, 1.82) is 0 Å². The summed E-state index contributed by atoms with van der Waals surface area (Å²) in [6.07, 6.45) is 0. The SMILES string of the molecule is CCOc1c(CBr)ccc2c1OCO2. The van der Waals surface area contributed by atoms with Gasteiger partial charge in [0.25, 0.3) is 0 Å². The molecule has 0 radical (unpaired) electrons. The molecule has 0 saturated heterocycles. The molecule has 0 unspecified atom stereocenters. The van der Waals surface area contributed by atoms with Crippen LogP contribution in [0.25, 0.3) is 0 Å². The first-order valence-corrected chi connectivity index (χ1v) is 5.59. The highest BCUT2D eigenvalue weighted by atomic mass is 79.9. The van der Waals surface area contributed by atoms with Crippen LogP contribution >= 0.6 is 15.9 Å². The fraction of sp³-hybridized carbons (Fsp3) is 0.400. The van der Waals surface area contributed by atoms with Crippen LogP contribution in [0.1, 0.15) is 12.5 Å². The number of rotatable bonds is 3. The van der Waals surface area contributed by atoms with Crippen molar-refractivity contribution in [2.45, 2.75) is 12.3 Å². The molecule has 1 aromatic rings. The third-order valence-electron chi connectivity index (χ3n) is 2.01. The van der Waals surface area contributed by atoms with Gasteiger partial charge in [0.1, 0.15) is 0 Å². The molecular formula is C10H11BrO3. The highest BCUT2D eigenvalue weighted by Gasteiger charge is 2.21. The van der Waals surface area contributed by atoms with E-state index in [0.717, 1.165) is 28.1 Å². The molecule has 0 bridgehead atoms. The zero-order valence-electron chi connectivity index (χ0n) is 7.88. The lowest BCUT2D eigenvalue weighted by Crippen LogP contribution is -1.98. The maximum Gasteiger partial charge on any atom is 0.231 e. The predicted octanol–water partition coefficient (Wildman–Crippen LogP) is 2.71. The quantitative estimate of drug-likeness (QED) is 0.781. The van der Waals surface area contributed by atoms with Gasteiger partial charge in [0.2, 0.25) is 12.5 Å². The zero-order valence-corrected chi connectivity index (χ0v) is 9.46.